The maximum atomic E-state index is 16.2. The van der Waals surface area contributed by atoms with E-state index < -0.39 is 101 Å². The number of alkyl carbamates (subject to hydrolysis) is 1. The average molecular weight is 1110 g/mol. The zero-order valence-corrected chi connectivity index (χ0v) is 45.6. The fourth-order valence-electron chi connectivity index (χ4n) is 10.4. The van der Waals surface area contributed by atoms with Crippen LogP contribution in [0.15, 0.2) is 54.7 Å². The molecule has 3 aliphatic heterocycles. The number of hydrogen-bond donors (Lipinski definition) is 3. The fraction of sp³-hybridized carbons (Fsp3) is 0.554. The van der Waals surface area contributed by atoms with E-state index in [4.69, 9.17) is 14.5 Å². The fourth-order valence-corrected chi connectivity index (χ4v) is 11.4. The molecule has 3 saturated heterocycles. The number of hydrogen-bond acceptors (Lipinski definition) is 15. The topological polar surface area (TPSA) is 189 Å². The number of piperazine rings is 1. The molecular formula is C56H67F5N8O8S. The van der Waals surface area contributed by atoms with Gasteiger partial charge >= 0.3 is 18.2 Å². The number of aromatic nitrogens is 3. The number of nitrogens with zero attached hydrogens (tertiary/aromatic N) is 6. The molecule has 2 aromatic carbocycles. The number of carbonyl (C=O) groups excluding carboxylic acids is 4. The van der Waals surface area contributed by atoms with Crippen LogP contribution in [0.25, 0.3) is 10.6 Å². The van der Waals surface area contributed by atoms with E-state index in [0.717, 1.165) is 108 Å². The number of pyridine rings is 1. The Morgan fingerprint density at radius 1 is 0.872 bits per heavy atom. The van der Waals surface area contributed by atoms with Gasteiger partial charge in [0.25, 0.3) is 0 Å². The van der Waals surface area contributed by atoms with Crippen molar-refractivity contribution in [3.63, 3.8) is 0 Å². The number of hydrazine groups is 1. The van der Waals surface area contributed by atoms with Gasteiger partial charge in [0.2, 0.25) is 5.91 Å². The van der Waals surface area contributed by atoms with Gasteiger partial charge in [-0.2, -0.15) is 13.2 Å². The number of anilines is 1. The zero-order valence-electron chi connectivity index (χ0n) is 44.8. The van der Waals surface area contributed by atoms with Crippen LogP contribution < -0.4 is 15.6 Å². The van der Waals surface area contributed by atoms with Gasteiger partial charge < -0.3 is 29.5 Å². The minimum atomic E-state index is -5.01. The molecule has 2 bridgehead atoms. The summed E-state index contributed by atoms with van der Waals surface area (Å²) in [5.74, 6) is 0.442. The summed E-state index contributed by atoms with van der Waals surface area (Å²) in [4.78, 5) is 63.2. The van der Waals surface area contributed by atoms with Gasteiger partial charge in [0.1, 0.15) is 33.5 Å². The van der Waals surface area contributed by atoms with Gasteiger partial charge in [-0.3, -0.25) is 24.7 Å². The Morgan fingerprint density at radius 2 is 1.51 bits per heavy atom. The van der Waals surface area contributed by atoms with E-state index in [-0.39, 0.29) is 24.3 Å². The highest BCUT2D eigenvalue weighted by molar-refractivity contribution is 7.14. The lowest BCUT2D eigenvalue weighted by molar-refractivity contribution is -0.220. The summed E-state index contributed by atoms with van der Waals surface area (Å²) in [5.41, 5.74) is 0.332. The summed E-state index contributed by atoms with van der Waals surface area (Å²) < 4.78 is 91.3. The van der Waals surface area contributed by atoms with Crippen LogP contribution in [0.5, 0.6) is 0 Å². The van der Waals surface area contributed by atoms with Crippen molar-refractivity contribution < 1.29 is 60.4 Å². The third kappa shape index (κ3) is 13.8. The molecule has 4 fully saturated rings. The number of carbonyl (C=O) groups is 4. The van der Waals surface area contributed by atoms with Gasteiger partial charge in [-0.15, -0.1) is 10.2 Å². The van der Waals surface area contributed by atoms with Crippen molar-refractivity contribution >= 4 is 40.9 Å². The molecule has 4 aliphatic rings. The van der Waals surface area contributed by atoms with Crippen molar-refractivity contribution in [2.45, 2.75) is 128 Å². The number of ether oxygens (including phenoxy) is 3. The number of benzene rings is 2. The van der Waals surface area contributed by atoms with E-state index in [9.17, 15) is 37.5 Å². The predicted molar refractivity (Wildman–Crippen MR) is 279 cm³/mol. The lowest BCUT2D eigenvalue weighted by Crippen LogP contribution is -2.62. The summed E-state index contributed by atoms with van der Waals surface area (Å²) in [6, 6.07) is 12.1. The van der Waals surface area contributed by atoms with Crippen LogP contribution in [0.3, 0.4) is 0 Å². The van der Waals surface area contributed by atoms with E-state index in [1.165, 1.54) is 11.3 Å². The Morgan fingerprint density at radius 3 is 2.06 bits per heavy atom. The van der Waals surface area contributed by atoms with Crippen LogP contribution in [0.1, 0.15) is 106 Å². The Balaban J connectivity index is 1.05. The first-order valence-electron chi connectivity index (χ1n) is 26.1. The number of rotatable bonds is 20. The molecule has 0 radical (unpaired) electrons. The molecular weight excluding hydrogens is 1040 g/mol. The first-order chi connectivity index (χ1) is 36.9. The van der Waals surface area contributed by atoms with Crippen molar-refractivity contribution in [2.24, 2.45) is 22.7 Å². The smallest absolute Gasteiger partial charge is 0.407 e. The largest absolute Gasteiger partial charge is 0.469 e. The van der Waals surface area contributed by atoms with Crippen molar-refractivity contribution in [1.29, 1.82) is 0 Å². The quantitative estimate of drug-likeness (QED) is 0.0337. The van der Waals surface area contributed by atoms with Gasteiger partial charge in [0.15, 0.2) is 5.78 Å². The number of halogens is 5. The monoisotopic (exact) mass is 1110 g/mol. The predicted octanol–water partition coefficient (Wildman–Crippen LogP) is 7.76. The SMILES string of the molecule is COC(=O)C[C@H](C(=O)NN(Cc1c(F)cc(-c2nnc(C3CC3)s2)cc1F)C[C@H](O)[C@@H](CC(=O)[C@@H](NC(=O)OC)C(C)(C)C(F)(F)F)Cc1ccc(C#Cc2ccc(N3CC4CCC(C3)N4C3COC3)nc2)cc1)C(C)(C)C. The highest BCUT2D eigenvalue weighted by Gasteiger charge is 2.56. The van der Waals surface area contributed by atoms with E-state index in [0.29, 0.717) is 39.8 Å². The van der Waals surface area contributed by atoms with Crippen LogP contribution in [0, 0.1) is 46.1 Å². The highest BCUT2D eigenvalue weighted by atomic mass is 32.1. The van der Waals surface area contributed by atoms with Crippen LogP contribution in [0.2, 0.25) is 0 Å². The lowest BCUT2D eigenvalue weighted by atomic mass is 9.77. The lowest BCUT2D eigenvalue weighted by Gasteiger charge is -2.47. The molecule has 2 aromatic heterocycles. The zero-order chi connectivity index (χ0) is 56.3. The second-order valence-corrected chi connectivity index (χ2v) is 23.5. The van der Waals surface area contributed by atoms with Crippen LogP contribution in [-0.2, 0) is 41.6 Å². The third-order valence-electron chi connectivity index (χ3n) is 15.4. The molecule has 22 heteroatoms. The van der Waals surface area contributed by atoms with Crippen LogP contribution in [0.4, 0.5) is 32.6 Å². The minimum Gasteiger partial charge on any atom is -0.469 e. The Kier molecular flexibility index (Phi) is 17.9. The van der Waals surface area contributed by atoms with E-state index in [1.807, 2.05) is 17.4 Å². The maximum Gasteiger partial charge on any atom is 0.407 e. The highest BCUT2D eigenvalue weighted by Crippen LogP contribution is 2.44. The van der Waals surface area contributed by atoms with Crippen LogP contribution >= 0.6 is 11.3 Å². The minimum absolute atomic E-state index is 0.129. The summed E-state index contributed by atoms with van der Waals surface area (Å²) in [6.07, 6.45) is -3.39. The van der Waals surface area contributed by atoms with Gasteiger partial charge in [-0.25, -0.2) is 23.6 Å². The average Bonchev–Trinajstić information content (AvgIpc) is 4.06. The summed E-state index contributed by atoms with van der Waals surface area (Å²) >= 11 is 1.22. The number of methoxy groups -OCH3 is 2. The van der Waals surface area contributed by atoms with Gasteiger partial charge in [0, 0.05) is 79.1 Å². The van der Waals surface area contributed by atoms with Gasteiger partial charge in [0.05, 0.1) is 57.3 Å². The van der Waals surface area contributed by atoms with Crippen molar-refractivity contribution in [3.05, 3.63) is 93.6 Å². The van der Waals surface area contributed by atoms with E-state index >= 15 is 8.78 Å². The van der Waals surface area contributed by atoms with Crippen molar-refractivity contribution in [1.82, 2.24) is 35.8 Å². The molecule has 8 rings (SSSR count). The molecule has 6 atom stereocenters. The number of esters is 1. The summed E-state index contributed by atoms with van der Waals surface area (Å²) in [7, 11) is 2.09. The van der Waals surface area contributed by atoms with E-state index in [2.05, 4.69) is 42.0 Å². The normalized spacial score (nSPS) is 19.5. The standard InChI is InChI=1S/C56H67F5N8O8S/c1-54(2,3)42(24-48(72)75-6)50(73)66-68(28-41-43(57)21-37(22-44(41)58)52-65-64-51(78-52)35-15-16-35)29-46(71)36(23-45(70)49(63-53(74)76-7)55(4,5)56(59,60)61)20-33-11-8-32(9-12-33)10-13-34-14-19-47(62-25-34)67-26-38-17-18-39(27-67)69(38)40-30-77-31-40/h8-9,11-12,14,19,21-22,25,35-36,38-40,42,46,49,71H,15-18,20,23-24,26-31H2,1-7H3,(H,63,74)(H,66,73)/t36-,38?,39?,42-,46+,49-/m1/s1. The molecule has 2 unspecified atom stereocenters. The molecule has 16 nitrogen and oxygen atoms in total. The maximum absolute atomic E-state index is 16.2. The molecule has 1 saturated carbocycles. The number of aliphatic hydroxyl groups excluding tert-OH is 1. The molecule has 420 valence electrons. The first kappa shape index (κ1) is 58.0. The Bertz CT molecular complexity index is 2830. The Hall–Kier alpha value is -6.12. The second kappa shape index (κ2) is 24.1. The molecule has 3 N–H and O–H groups in total. The third-order valence-corrected chi connectivity index (χ3v) is 16.6. The number of nitrogens with one attached hydrogen (secondary N) is 2. The molecule has 78 heavy (non-hydrogen) atoms. The molecule has 4 aromatic rings. The van der Waals surface area contributed by atoms with Crippen molar-refractivity contribution in [3.8, 4) is 22.4 Å². The number of aliphatic hydroxyl groups is 1. The number of Topliss-reactive ketones (excluding diaryl/α,β-unsaturated/α-hetero) is 1. The first-order valence-corrected chi connectivity index (χ1v) is 27.0. The van der Waals surface area contributed by atoms with Crippen molar-refractivity contribution in [2.75, 3.05) is 52.0 Å². The number of ketones is 1. The summed E-state index contributed by atoms with van der Waals surface area (Å²) in [6.45, 7) is 8.64. The van der Waals surface area contributed by atoms with E-state index in [1.54, 1.807) is 51.2 Å². The number of fused-ring (bicyclic) bond motifs is 2. The Labute approximate surface area is 454 Å². The summed E-state index contributed by atoms with van der Waals surface area (Å²) in [5, 5.41) is 24.7. The number of amides is 2. The van der Waals surface area contributed by atoms with Gasteiger partial charge in [-0.1, -0.05) is 56.1 Å². The number of alkyl halides is 3. The molecule has 2 amide bonds. The molecule has 1 aliphatic carbocycles. The molecule has 5 heterocycles. The second-order valence-electron chi connectivity index (χ2n) is 22.5. The van der Waals surface area contributed by atoms with Gasteiger partial charge in [-0.05, 0) is 99.2 Å². The van der Waals surface area contributed by atoms with Crippen LogP contribution in [-0.4, -0.2) is 137 Å². The molecule has 0 spiro atoms.